The Bertz CT molecular complexity index is 781. The predicted octanol–water partition coefficient (Wildman–Crippen LogP) is 6.98. The predicted molar refractivity (Wildman–Crippen MR) is 143 cm³/mol. The molecule has 0 aliphatic carbocycles. The number of hydrogen-bond donors (Lipinski definition) is 2. The third-order valence-electron chi connectivity index (χ3n) is 4.69. The third-order valence-corrected chi connectivity index (χ3v) is 4.89. The van der Waals surface area contributed by atoms with Crippen LogP contribution in [-0.4, -0.2) is 30.5 Å². The molecule has 0 unspecified atom stereocenters. The summed E-state index contributed by atoms with van der Waals surface area (Å²) in [6.45, 7) is 4.45. The highest BCUT2D eigenvalue weighted by Crippen LogP contribution is 2.07. The quantitative estimate of drug-likeness (QED) is 0.180. The zero-order chi connectivity index (χ0) is 23.8. The molecule has 0 spiro atoms. The van der Waals surface area contributed by atoms with Gasteiger partial charge in [-0.3, -0.25) is 9.78 Å². The number of nitrogens with one attached hydrogen (secondary N) is 2. The summed E-state index contributed by atoms with van der Waals surface area (Å²) in [6, 6.07) is 1.62. The minimum absolute atomic E-state index is 0.148. The van der Waals surface area contributed by atoms with E-state index < -0.39 is 0 Å². The minimum Gasteiger partial charge on any atom is -0.351 e. The van der Waals surface area contributed by atoms with Gasteiger partial charge in [0.15, 0.2) is 0 Å². The Hall–Kier alpha value is -2.43. The Labute approximate surface area is 205 Å². The topological polar surface area (TPSA) is 54.0 Å². The summed E-state index contributed by atoms with van der Waals surface area (Å²) < 4.78 is 0. The Balaban J connectivity index is 1.89. The molecule has 1 aromatic heterocycles. The van der Waals surface area contributed by atoms with Crippen molar-refractivity contribution < 1.29 is 4.79 Å². The number of carbonyl (C=O) groups excluding carboxylic acids is 1. The van der Waals surface area contributed by atoms with Gasteiger partial charge in [0.2, 0.25) is 0 Å². The van der Waals surface area contributed by atoms with Gasteiger partial charge in [-0.25, -0.2) is 0 Å². The number of hydrogen-bond acceptors (Lipinski definition) is 3. The molecule has 1 aromatic rings. The van der Waals surface area contributed by atoms with E-state index in [1.807, 2.05) is 0 Å². The molecule has 1 rings (SSSR count). The SMILES string of the molecule is CC/C=C\CC=CCC=CC/C=C\C/C=C\CCCCNCCNC(=O)c1cncc(Cl)c1. The fourth-order valence-electron chi connectivity index (χ4n) is 2.91. The molecular weight excluding hydrogens is 430 g/mol. The molecule has 4 nitrogen and oxygen atoms in total. The fraction of sp³-hybridized carbons (Fsp3) is 0.429. The molecule has 0 aromatic carbocycles. The maximum Gasteiger partial charge on any atom is 0.252 e. The summed E-state index contributed by atoms with van der Waals surface area (Å²) in [4.78, 5) is 15.9. The van der Waals surface area contributed by atoms with E-state index in [1.54, 1.807) is 6.07 Å². The zero-order valence-electron chi connectivity index (χ0n) is 20.0. The molecule has 33 heavy (non-hydrogen) atoms. The number of aromatic nitrogens is 1. The number of nitrogens with zero attached hydrogens (tertiary/aromatic N) is 1. The van der Waals surface area contributed by atoms with Crippen molar-refractivity contribution in [3.63, 3.8) is 0 Å². The second kappa shape index (κ2) is 21.4. The van der Waals surface area contributed by atoms with Crippen molar-refractivity contribution in [1.29, 1.82) is 0 Å². The smallest absolute Gasteiger partial charge is 0.252 e. The van der Waals surface area contributed by atoms with E-state index in [1.165, 1.54) is 12.4 Å². The summed E-state index contributed by atoms with van der Waals surface area (Å²) >= 11 is 5.85. The molecular formula is C28H40ClN3O. The van der Waals surface area contributed by atoms with Crippen molar-refractivity contribution in [2.24, 2.45) is 0 Å². The summed E-state index contributed by atoms with van der Waals surface area (Å²) in [5, 5.41) is 6.68. The van der Waals surface area contributed by atoms with Crippen LogP contribution >= 0.6 is 11.6 Å². The van der Waals surface area contributed by atoms with Crippen LogP contribution in [-0.2, 0) is 0 Å². The summed E-state index contributed by atoms with van der Waals surface area (Å²) in [5.41, 5.74) is 0.486. The normalized spacial score (nSPS) is 12.3. The van der Waals surface area contributed by atoms with Crippen LogP contribution in [0.1, 0.15) is 68.6 Å². The maximum atomic E-state index is 11.9. The molecule has 0 aliphatic heterocycles. The van der Waals surface area contributed by atoms with Crippen LogP contribution in [0.5, 0.6) is 0 Å². The van der Waals surface area contributed by atoms with Crippen LogP contribution in [0.2, 0.25) is 5.02 Å². The number of carbonyl (C=O) groups is 1. The molecule has 0 aliphatic rings. The second-order valence-electron chi connectivity index (χ2n) is 7.60. The van der Waals surface area contributed by atoms with Crippen LogP contribution in [0.4, 0.5) is 0 Å². The average Bonchev–Trinajstić information content (AvgIpc) is 2.82. The van der Waals surface area contributed by atoms with Crippen LogP contribution < -0.4 is 10.6 Å². The number of allylic oxidation sites excluding steroid dienone is 10. The van der Waals surface area contributed by atoms with E-state index >= 15 is 0 Å². The van der Waals surface area contributed by atoms with Crippen LogP contribution in [0.15, 0.2) is 79.2 Å². The summed E-state index contributed by atoms with van der Waals surface area (Å²) in [7, 11) is 0. The van der Waals surface area contributed by atoms with Gasteiger partial charge in [-0.1, -0.05) is 79.3 Å². The Morgan fingerprint density at radius 3 is 2.03 bits per heavy atom. The molecule has 0 saturated heterocycles. The second-order valence-corrected chi connectivity index (χ2v) is 8.04. The van der Waals surface area contributed by atoms with Gasteiger partial charge in [-0.15, -0.1) is 0 Å². The van der Waals surface area contributed by atoms with Gasteiger partial charge in [0, 0.05) is 25.5 Å². The first kappa shape index (κ1) is 28.6. The van der Waals surface area contributed by atoms with Crippen LogP contribution in [0, 0.1) is 0 Å². The van der Waals surface area contributed by atoms with Gasteiger partial charge in [-0.2, -0.15) is 0 Å². The molecule has 5 heteroatoms. The van der Waals surface area contributed by atoms with Crippen LogP contribution in [0.25, 0.3) is 0 Å². The lowest BCUT2D eigenvalue weighted by Crippen LogP contribution is -2.32. The van der Waals surface area contributed by atoms with Crippen molar-refractivity contribution in [2.75, 3.05) is 19.6 Å². The lowest BCUT2D eigenvalue weighted by molar-refractivity contribution is 0.0953. The number of rotatable bonds is 18. The first-order valence-electron chi connectivity index (χ1n) is 12.1. The number of pyridine rings is 1. The summed E-state index contributed by atoms with van der Waals surface area (Å²) in [5.74, 6) is -0.148. The van der Waals surface area contributed by atoms with Gasteiger partial charge in [0.05, 0.1) is 10.6 Å². The van der Waals surface area contributed by atoms with Crippen molar-refractivity contribution >= 4 is 17.5 Å². The largest absolute Gasteiger partial charge is 0.351 e. The van der Waals surface area contributed by atoms with Gasteiger partial charge in [-0.05, 0) is 64.0 Å². The molecule has 0 fully saturated rings. The highest BCUT2D eigenvalue weighted by molar-refractivity contribution is 6.30. The third kappa shape index (κ3) is 17.8. The first-order valence-corrected chi connectivity index (χ1v) is 12.5. The van der Waals surface area contributed by atoms with Crippen molar-refractivity contribution in [2.45, 2.75) is 58.3 Å². The first-order chi connectivity index (χ1) is 16.2. The van der Waals surface area contributed by atoms with Gasteiger partial charge in [0.25, 0.3) is 5.91 Å². The molecule has 0 saturated carbocycles. The number of unbranched alkanes of at least 4 members (excludes halogenated alkanes) is 2. The van der Waals surface area contributed by atoms with Gasteiger partial charge < -0.3 is 10.6 Å². The molecule has 1 amide bonds. The van der Waals surface area contributed by atoms with Crippen molar-refractivity contribution in [3.05, 3.63) is 89.8 Å². The monoisotopic (exact) mass is 469 g/mol. The van der Waals surface area contributed by atoms with Gasteiger partial charge in [0.1, 0.15) is 0 Å². The van der Waals surface area contributed by atoms with E-state index in [2.05, 4.69) is 83.3 Å². The molecule has 0 atom stereocenters. The van der Waals surface area contributed by atoms with E-state index in [4.69, 9.17) is 11.6 Å². The lowest BCUT2D eigenvalue weighted by atomic mass is 10.2. The highest BCUT2D eigenvalue weighted by atomic mass is 35.5. The van der Waals surface area contributed by atoms with Gasteiger partial charge >= 0.3 is 0 Å². The van der Waals surface area contributed by atoms with E-state index in [9.17, 15) is 4.79 Å². The standard InChI is InChI=1S/C28H40ClN3O/c1-2-3-4-5-6-7-8-9-10-11-12-13-14-15-16-17-18-19-20-30-21-22-32-28(33)26-23-27(29)25-31-24-26/h3-4,6-7,9-10,12-13,15-16,23-25,30H,2,5,8,11,14,17-22H2,1H3,(H,32,33)/b4-3-,7-6?,10-9?,13-12-,16-15-. The highest BCUT2D eigenvalue weighted by Gasteiger charge is 2.05. The van der Waals surface area contributed by atoms with Crippen LogP contribution in [0.3, 0.4) is 0 Å². The summed E-state index contributed by atoms with van der Waals surface area (Å²) in [6.07, 6.45) is 33.8. The Morgan fingerprint density at radius 1 is 0.818 bits per heavy atom. The average molecular weight is 470 g/mol. The molecule has 0 radical (unpaired) electrons. The van der Waals surface area contributed by atoms with E-state index in [0.717, 1.165) is 64.5 Å². The number of halogens is 1. The van der Waals surface area contributed by atoms with Crippen molar-refractivity contribution in [1.82, 2.24) is 15.6 Å². The Morgan fingerprint density at radius 2 is 1.42 bits per heavy atom. The lowest BCUT2D eigenvalue weighted by Gasteiger charge is -2.06. The van der Waals surface area contributed by atoms with E-state index in [-0.39, 0.29) is 5.91 Å². The molecule has 1 heterocycles. The minimum atomic E-state index is -0.148. The fourth-order valence-corrected chi connectivity index (χ4v) is 3.08. The molecule has 2 N–H and O–H groups in total. The maximum absolute atomic E-state index is 11.9. The van der Waals surface area contributed by atoms with Crippen molar-refractivity contribution in [3.8, 4) is 0 Å². The molecule has 0 bridgehead atoms. The zero-order valence-corrected chi connectivity index (χ0v) is 20.8. The number of amides is 1. The Kier molecular flexibility index (Phi) is 18.6. The molecule has 180 valence electrons. The van der Waals surface area contributed by atoms with E-state index in [0.29, 0.717) is 17.1 Å².